The van der Waals surface area contributed by atoms with Crippen LogP contribution in [0.3, 0.4) is 0 Å². The number of carbonyl (C=O) groups is 1. The van der Waals surface area contributed by atoms with E-state index in [0.29, 0.717) is 31.3 Å². The van der Waals surface area contributed by atoms with Gasteiger partial charge in [-0.15, -0.1) is 0 Å². The lowest BCUT2D eigenvalue weighted by atomic mass is 10.1. The van der Waals surface area contributed by atoms with Crippen molar-refractivity contribution < 1.29 is 9.53 Å². The van der Waals surface area contributed by atoms with Gasteiger partial charge in [0.1, 0.15) is 24.5 Å². The summed E-state index contributed by atoms with van der Waals surface area (Å²) in [5, 5.41) is 4.16. The van der Waals surface area contributed by atoms with Crippen molar-refractivity contribution in [2.75, 3.05) is 44.0 Å². The number of anilines is 3. The molecule has 1 aliphatic heterocycles. The van der Waals surface area contributed by atoms with Gasteiger partial charge in [-0.1, -0.05) is 28.1 Å². The van der Waals surface area contributed by atoms with Crippen LogP contribution in [0.15, 0.2) is 59.4 Å². The zero-order chi connectivity index (χ0) is 21.1. The zero-order valence-electron chi connectivity index (χ0n) is 16.8. The lowest BCUT2D eigenvalue weighted by Crippen LogP contribution is -2.37. The molecule has 8 heteroatoms. The molecular formula is C22H22BrN5O2. The topological polar surface area (TPSA) is 70.6 Å². The summed E-state index contributed by atoms with van der Waals surface area (Å²) in [5.74, 6) is 1.25. The third-order valence-electron chi connectivity index (χ3n) is 4.66. The minimum Gasteiger partial charge on any atom is -0.489 e. The summed E-state index contributed by atoms with van der Waals surface area (Å²) in [4.78, 5) is 25.3. The molecule has 0 bridgehead atoms. The van der Waals surface area contributed by atoms with Gasteiger partial charge < -0.3 is 19.9 Å². The predicted octanol–water partition coefficient (Wildman–Crippen LogP) is 3.98. The molecule has 1 aromatic heterocycles. The van der Waals surface area contributed by atoms with E-state index in [0.717, 1.165) is 26.8 Å². The first-order chi connectivity index (χ1) is 14.5. The number of nitrogens with zero attached hydrogens (tertiary/aromatic N) is 4. The summed E-state index contributed by atoms with van der Waals surface area (Å²) in [5.41, 5.74) is 2.37. The first-order valence-corrected chi connectivity index (χ1v) is 10.4. The first kappa shape index (κ1) is 20.3. The lowest BCUT2D eigenvalue weighted by molar-refractivity contribution is -0.114. The van der Waals surface area contributed by atoms with E-state index in [1.165, 1.54) is 6.33 Å². The third kappa shape index (κ3) is 4.44. The maximum atomic E-state index is 12.8. The summed E-state index contributed by atoms with van der Waals surface area (Å²) in [6.45, 7) is 1.64. The van der Waals surface area contributed by atoms with Crippen LogP contribution in [0.4, 0.5) is 17.2 Å². The molecule has 1 N–H and O–H groups in total. The fourth-order valence-corrected chi connectivity index (χ4v) is 3.65. The number of hydrogen-bond donors (Lipinski definition) is 1. The van der Waals surface area contributed by atoms with Gasteiger partial charge in [0.2, 0.25) is 0 Å². The Bertz CT molecular complexity index is 1120. The average molecular weight is 468 g/mol. The van der Waals surface area contributed by atoms with E-state index in [1.54, 1.807) is 11.0 Å². The summed E-state index contributed by atoms with van der Waals surface area (Å²) in [6, 6.07) is 11.6. The number of fused-ring (bicyclic) bond motifs is 2. The van der Waals surface area contributed by atoms with Gasteiger partial charge >= 0.3 is 0 Å². The highest BCUT2D eigenvalue weighted by Crippen LogP contribution is 2.37. The Balaban J connectivity index is 1.71. The van der Waals surface area contributed by atoms with Gasteiger partial charge in [-0.2, -0.15) is 0 Å². The predicted molar refractivity (Wildman–Crippen MR) is 123 cm³/mol. The van der Waals surface area contributed by atoms with Gasteiger partial charge in [0.15, 0.2) is 0 Å². The Morgan fingerprint density at radius 2 is 2.17 bits per heavy atom. The van der Waals surface area contributed by atoms with Crippen LogP contribution in [0.25, 0.3) is 10.9 Å². The van der Waals surface area contributed by atoms with E-state index in [2.05, 4.69) is 31.2 Å². The highest BCUT2D eigenvalue weighted by molar-refractivity contribution is 9.10. The molecule has 1 amide bonds. The molecule has 0 unspecified atom stereocenters. The van der Waals surface area contributed by atoms with Gasteiger partial charge in [0.25, 0.3) is 5.91 Å². The normalized spacial score (nSPS) is 13.5. The van der Waals surface area contributed by atoms with Crippen molar-refractivity contribution in [3.63, 3.8) is 0 Å². The van der Waals surface area contributed by atoms with Crippen molar-refractivity contribution in [3.8, 4) is 5.75 Å². The molecule has 1 aliphatic rings. The lowest BCUT2D eigenvalue weighted by Gasteiger charge is -2.29. The number of nitrogens with one attached hydrogen (secondary N) is 1. The number of rotatable bonds is 5. The zero-order valence-corrected chi connectivity index (χ0v) is 18.4. The summed E-state index contributed by atoms with van der Waals surface area (Å²) >= 11 is 3.48. The van der Waals surface area contributed by atoms with Gasteiger partial charge in [-0.05, 0) is 38.4 Å². The number of hydrogen-bond acceptors (Lipinski definition) is 6. The Kier molecular flexibility index (Phi) is 5.96. The Hall–Kier alpha value is -2.97. The van der Waals surface area contributed by atoms with Crippen molar-refractivity contribution in [2.45, 2.75) is 0 Å². The largest absolute Gasteiger partial charge is 0.489 e. The first-order valence-electron chi connectivity index (χ1n) is 9.58. The highest BCUT2D eigenvalue weighted by Gasteiger charge is 2.24. The van der Waals surface area contributed by atoms with Crippen molar-refractivity contribution in [1.82, 2.24) is 14.9 Å². The fraction of sp³-hybridized carbons (Fsp3) is 0.227. The summed E-state index contributed by atoms with van der Waals surface area (Å²) in [7, 11) is 3.93. The minimum absolute atomic E-state index is 0.0703. The molecule has 0 spiro atoms. The molecule has 2 aromatic carbocycles. The fourth-order valence-electron chi connectivity index (χ4n) is 3.25. The van der Waals surface area contributed by atoms with Crippen molar-refractivity contribution >= 4 is 49.9 Å². The standard InChI is InChI=1S/C22H22BrN5O2/c1-27(2)8-4-7-21(29)28-9-10-30-20-13-18-17(12-19(20)28)22(25-14-24-18)26-16-6-3-5-15(23)11-16/h3-7,11-14H,8-10H2,1-2H3,(H,24,25,26)/b7-4+. The van der Waals surface area contributed by atoms with Crippen LogP contribution < -0.4 is 15.0 Å². The molecule has 3 aromatic rings. The molecule has 7 nitrogen and oxygen atoms in total. The van der Waals surface area contributed by atoms with Crippen LogP contribution in [0.5, 0.6) is 5.75 Å². The molecule has 0 atom stereocenters. The second-order valence-corrected chi connectivity index (χ2v) is 8.11. The van der Waals surface area contributed by atoms with E-state index in [1.807, 2.05) is 61.5 Å². The number of amides is 1. The molecule has 30 heavy (non-hydrogen) atoms. The van der Waals surface area contributed by atoms with Crippen LogP contribution in [0, 0.1) is 0 Å². The molecule has 4 rings (SSSR count). The van der Waals surface area contributed by atoms with Crippen LogP contribution in [0.1, 0.15) is 0 Å². The number of benzene rings is 2. The molecule has 2 heterocycles. The van der Waals surface area contributed by atoms with E-state index in [9.17, 15) is 4.79 Å². The summed E-state index contributed by atoms with van der Waals surface area (Å²) < 4.78 is 6.79. The number of likely N-dealkylation sites (N-methyl/N-ethyl adjacent to an activating group) is 1. The molecular weight excluding hydrogens is 446 g/mol. The van der Waals surface area contributed by atoms with Gasteiger partial charge in [0, 0.05) is 34.2 Å². The number of ether oxygens (including phenoxy) is 1. The highest BCUT2D eigenvalue weighted by atomic mass is 79.9. The van der Waals surface area contributed by atoms with Gasteiger partial charge in [-0.3, -0.25) is 4.79 Å². The Morgan fingerprint density at radius 3 is 2.97 bits per heavy atom. The van der Waals surface area contributed by atoms with Crippen molar-refractivity contribution in [2.24, 2.45) is 0 Å². The van der Waals surface area contributed by atoms with E-state index in [4.69, 9.17) is 4.74 Å². The Morgan fingerprint density at radius 1 is 1.30 bits per heavy atom. The van der Waals surface area contributed by atoms with Gasteiger partial charge in [-0.25, -0.2) is 9.97 Å². The van der Waals surface area contributed by atoms with Crippen molar-refractivity contribution in [3.05, 3.63) is 59.4 Å². The van der Waals surface area contributed by atoms with Crippen LogP contribution in [-0.2, 0) is 4.79 Å². The van der Waals surface area contributed by atoms with Gasteiger partial charge in [0.05, 0.1) is 17.7 Å². The monoisotopic (exact) mass is 467 g/mol. The number of aromatic nitrogens is 2. The summed E-state index contributed by atoms with van der Waals surface area (Å²) in [6.07, 6.45) is 4.99. The minimum atomic E-state index is -0.0703. The maximum Gasteiger partial charge on any atom is 0.250 e. The van der Waals surface area contributed by atoms with E-state index >= 15 is 0 Å². The third-order valence-corrected chi connectivity index (χ3v) is 5.16. The van der Waals surface area contributed by atoms with E-state index in [-0.39, 0.29) is 5.91 Å². The molecule has 0 radical (unpaired) electrons. The smallest absolute Gasteiger partial charge is 0.250 e. The molecule has 0 saturated heterocycles. The Labute approximate surface area is 183 Å². The number of halogens is 1. The quantitative estimate of drug-likeness (QED) is 0.572. The molecule has 0 fully saturated rings. The molecule has 0 aliphatic carbocycles. The van der Waals surface area contributed by atoms with Crippen molar-refractivity contribution in [1.29, 1.82) is 0 Å². The SMILES string of the molecule is CN(C)C/C=C/C(=O)N1CCOc2cc3ncnc(Nc4cccc(Br)c4)c3cc21. The molecule has 154 valence electrons. The van der Waals surface area contributed by atoms with Crippen LogP contribution >= 0.6 is 15.9 Å². The second-order valence-electron chi connectivity index (χ2n) is 7.20. The molecule has 0 saturated carbocycles. The maximum absolute atomic E-state index is 12.8. The second kappa shape index (κ2) is 8.81. The van der Waals surface area contributed by atoms with Crippen LogP contribution in [0.2, 0.25) is 0 Å². The van der Waals surface area contributed by atoms with E-state index < -0.39 is 0 Å². The number of carbonyl (C=O) groups excluding carboxylic acids is 1. The average Bonchev–Trinajstić information content (AvgIpc) is 2.72. The van der Waals surface area contributed by atoms with Crippen LogP contribution in [-0.4, -0.2) is 54.6 Å².